The van der Waals surface area contributed by atoms with E-state index in [1.807, 2.05) is 13.8 Å². The Morgan fingerprint density at radius 3 is 2.61 bits per heavy atom. The molecule has 0 heterocycles. The largest absolute Gasteiger partial charge is 0.389 e. The first-order valence-electron chi connectivity index (χ1n) is 6.67. The van der Waals surface area contributed by atoms with Gasteiger partial charge in [0.25, 0.3) is 0 Å². The Hall–Kier alpha value is -0.600. The van der Waals surface area contributed by atoms with E-state index in [2.05, 4.69) is 18.2 Å². The third-order valence-electron chi connectivity index (χ3n) is 2.37. The molecule has 0 amide bonds. The Bertz CT molecular complexity index is 226. The topological polar surface area (TPSA) is 50.7 Å². The molecule has 4 heteroatoms. The monoisotopic (exact) mass is 257 g/mol. The minimum absolute atomic E-state index is 0.0360. The van der Waals surface area contributed by atoms with Crippen LogP contribution in [-0.4, -0.2) is 49.7 Å². The number of hydrogen-bond acceptors (Lipinski definition) is 4. The molecule has 0 aromatic carbocycles. The van der Waals surface area contributed by atoms with Crippen LogP contribution >= 0.6 is 0 Å². The third-order valence-corrected chi connectivity index (χ3v) is 2.37. The van der Waals surface area contributed by atoms with E-state index >= 15 is 0 Å². The van der Waals surface area contributed by atoms with Crippen LogP contribution in [0, 0.1) is 12.3 Å². The summed E-state index contributed by atoms with van der Waals surface area (Å²) in [6.45, 7) is 7.86. The SMILES string of the molecule is C#CC(CCC)NCC(O)COCCOC(C)C. The number of ether oxygens (including phenoxy) is 2. The van der Waals surface area contributed by atoms with E-state index in [4.69, 9.17) is 15.9 Å². The van der Waals surface area contributed by atoms with Gasteiger partial charge in [0.15, 0.2) is 0 Å². The Morgan fingerprint density at radius 2 is 2.06 bits per heavy atom. The fraction of sp³-hybridized carbons (Fsp3) is 0.857. The molecule has 0 aliphatic rings. The maximum absolute atomic E-state index is 9.67. The predicted molar refractivity (Wildman–Crippen MR) is 73.4 cm³/mol. The molecule has 0 saturated carbocycles. The van der Waals surface area contributed by atoms with Crippen LogP contribution in [-0.2, 0) is 9.47 Å². The molecule has 0 aliphatic carbocycles. The van der Waals surface area contributed by atoms with E-state index in [1.54, 1.807) is 0 Å². The fourth-order valence-electron chi connectivity index (χ4n) is 1.43. The smallest absolute Gasteiger partial charge is 0.0898 e. The van der Waals surface area contributed by atoms with Crippen molar-refractivity contribution in [1.82, 2.24) is 5.32 Å². The van der Waals surface area contributed by atoms with Gasteiger partial charge in [-0.15, -0.1) is 6.42 Å². The van der Waals surface area contributed by atoms with Gasteiger partial charge in [-0.3, -0.25) is 0 Å². The highest BCUT2D eigenvalue weighted by Gasteiger charge is 2.08. The second-order valence-corrected chi connectivity index (χ2v) is 4.56. The molecule has 0 saturated heterocycles. The van der Waals surface area contributed by atoms with Crippen molar-refractivity contribution in [3.05, 3.63) is 0 Å². The van der Waals surface area contributed by atoms with Crippen molar-refractivity contribution in [2.75, 3.05) is 26.4 Å². The van der Waals surface area contributed by atoms with Crippen molar-refractivity contribution in [2.24, 2.45) is 0 Å². The minimum atomic E-state index is -0.531. The van der Waals surface area contributed by atoms with E-state index in [9.17, 15) is 5.11 Å². The fourth-order valence-corrected chi connectivity index (χ4v) is 1.43. The molecule has 2 N–H and O–H groups in total. The summed E-state index contributed by atoms with van der Waals surface area (Å²) in [5.74, 6) is 2.66. The summed E-state index contributed by atoms with van der Waals surface area (Å²) >= 11 is 0. The first-order chi connectivity index (χ1) is 8.60. The number of terminal acetylenes is 1. The molecule has 106 valence electrons. The van der Waals surface area contributed by atoms with Crippen LogP contribution in [0.25, 0.3) is 0 Å². The molecule has 0 rings (SSSR count). The number of aliphatic hydroxyl groups excluding tert-OH is 1. The highest BCUT2D eigenvalue weighted by Crippen LogP contribution is 1.95. The van der Waals surface area contributed by atoms with Crippen LogP contribution in [0.4, 0.5) is 0 Å². The van der Waals surface area contributed by atoms with Crippen molar-refractivity contribution < 1.29 is 14.6 Å². The van der Waals surface area contributed by atoms with Crippen molar-refractivity contribution in [1.29, 1.82) is 0 Å². The van der Waals surface area contributed by atoms with Crippen molar-refractivity contribution in [3.8, 4) is 12.3 Å². The van der Waals surface area contributed by atoms with Gasteiger partial charge in [0.1, 0.15) is 0 Å². The zero-order valence-corrected chi connectivity index (χ0v) is 11.8. The molecule has 0 radical (unpaired) electrons. The molecular formula is C14H27NO3. The zero-order chi connectivity index (χ0) is 13.8. The molecule has 0 spiro atoms. The summed E-state index contributed by atoms with van der Waals surface area (Å²) in [5.41, 5.74) is 0. The summed E-state index contributed by atoms with van der Waals surface area (Å²) in [6.07, 6.45) is 7.01. The molecule has 0 aromatic heterocycles. The summed E-state index contributed by atoms with van der Waals surface area (Å²) in [7, 11) is 0. The molecule has 0 fully saturated rings. The third kappa shape index (κ3) is 10.5. The Labute approximate surface area is 111 Å². The highest BCUT2D eigenvalue weighted by molar-refractivity contribution is 4.98. The minimum Gasteiger partial charge on any atom is -0.389 e. The Balaban J connectivity index is 3.47. The van der Waals surface area contributed by atoms with Gasteiger partial charge in [-0.25, -0.2) is 0 Å². The van der Waals surface area contributed by atoms with Crippen LogP contribution < -0.4 is 5.32 Å². The molecule has 2 atom stereocenters. The first-order valence-corrected chi connectivity index (χ1v) is 6.67. The average molecular weight is 257 g/mol. The van der Waals surface area contributed by atoms with Gasteiger partial charge in [-0.2, -0.15) is 0 Å². The maximum Gasteiger partial charge on any atom is 0.0898 e. The van der Waals surface area contributed by atoms with E-state index in [0.29, 0.717) is 26.4 Å². The van der Waals surface area contributed by atoms with Gasteiger partial charge in [-0.1, -0.05) is 19.3 Å². The van der Waals surface area contributed by atoms with Crippen molar-refractivity contribution in [3.63, 3.8) is 0 Å². The van der Waals surface area contributed by atoms with E-state index in [1.165, 1.54) is 0 Å². The Kier molecular flexibility index (Phi) is 11.1. The number of hydrogen-bond donors (Lipinski definition) is 2. The van der Waals surface area contributed by atoms with E-state index in [0.717, 1.165) is 12.8 Å². The second-order valence-electron chi connectivity index (χ2n) is 4.56. The molecule has 2 unspecified atom stereocenters. The van der Waals surface area contributed by atoms with Gasteiger partial charge in [-0.05, 0) is 20.3 Å². The maximum atomic E-state index is 9.67. The molecule has 0 aliphatic heterocycles. The lowest BCUT2D eigenvalue weighted by molar-refractivity contribution is -0.0102. The predicted octanol–water partition coefficient (Wildman–Crippen LogP) is 1.18. The van der Waals surface area contributed by atoms with Gasteiger partial charge in [0.2, 0.25) is 0 Å². The van der Waals surface area contributed by atoms with Gasteiger partial charge in [0, 0.05) is 6.54 Å². The lowest BCUT2D eigenvalue weighted by Gasteiger charge is -2.16. The summed E-state index contributed by atoms with van der Waals surface area (Å²) < 4.78 is 10.6. The number of nitrogens with one attached hydrogen (secondary N) is 1. The first kappa shape index (κ1) is 17.4. The van der Waals surface area contributed by atoms with Crippen molar-refractivity contribution in [2.45, 2.75) is 51.9 Å². The molecule has 0 aromatic rings. The normalized spacial score (nSPS) is 14.4. The quantitative estimate of drug-likeness (QED) is 0.431. The van der Waals surface area contributed by atoms with Crippen LogP contribution in [0.1, 0.15) is 33.6 Å². The summed E-state index contributed by atoms with van der Waals surface area (Å²) in [5, 5.41) is 12.8. The van der Waals surface area contributed by atoms with E-state index < -0.39 is 6.10 Å². The van der Waals surface area contributed by atoms with Crippen LogP contribution in [0.5, 0.6) is 0 Å². The summed E-state index contributed by atoms with van der Waals surface area (Å²) in [4.78, 5) is 0. The standard InChI is InChI=1S/C14H27NO3/c1-5-7-13(6-2)15-10-14(16)11-17-8-9-18-12(3)4/h2,12-16H,5,7-11H2,1,3-4H3. The average Bonchev–Trinajstić information content (AvgIpc) is 2.33. The molecule has 4 nitrogen and oxygen atoms in total. The number of rotatable bonds is 11. The molecular weight excluding hydrogens is 230 g/mol. The van der Waals surface area contributed by atoms with Crippen molar-refractivity contribution >= 4 is 0 Å². The van der Waals surface area contributed by atoms with Gasteiger partial charge in [0.05, 0.1) is 38.1 Å². The van der Waals surface area contributed by atoms with Gasteiger partial charge >= 0.3 is 0 Å². The van der Waals surface area contributed by atoms with Gasteiger partial charge < -0.3 is 19.9 Å². The Morgan fingerprint density at radius 1 is 1.33 bits per heavy atom. The zero-order valence-electron chi connectivity index (χ0n) is 11.8. The second kappa shape index (κ2) is 11.5. The lowest BCUT2D eigenvalue weighted by Crippen LogP contribution is -2.36. The van der Waals surface area contributed by atoms with Crippen LogP contribution in [0.3, 0.4) is 0 Å². The summed E-state index contributed by atoms with van der Waals surface area (Å²) in [6, 6.07) is 0.0360. The molecule has 0 bridgehead atoms. The highest BCUT2D eigenvalue weighted by atomic mass is 16.5. The van der Waals surface area contributed by atoms with Crippen LogP contribution in [0.2, 0.25) is 0 Å². The van der Waals surface area contributed by atoms with E-state index in [-0.39, 0.29) is 12.1 Å². The lowest BCUT2D eigenvalue weighted by atomic mass is 10.2. The number of aliphatic hydroxyl groups is 1. The molecule has 18 heavy (non-hydrogen) atoms. The van der Waals surface area contributed by atoms with Crippen LogP contribution in [0.15, 0.2) is 0 Å².